The zero-order valence-electron chi connectivity index (χ0n) is 21.1. The summed E-state index contributed by atoms with van der Waals surface area (Å²) in [7, 11) is 0. The number of morpholine rings is 1. The van der Waals surface area contributed by atoms with Crippen molar-refractivity contribution in [3.8, 4) is 5.95 Å². The molecular weight excluding hydrogens is 474 g/mol. The number of anilines is 1. The Balaban J connectivity index is 1.37. The Kier molecular flexibility index (Phi) is 6.15. The highest BCUT2D eigenvalue weighted by molar-refractivity contribution is 7.18. The monoisotopic (exact) mass is 507 g/mol. The molecule has 1 aromatic carbocycles. The number of imidazole rings is 1. The minimum absolute atomic E-state index is 0.552. The number of aromatic nitrogens is 5. The molecule has 10 heteroatoms. The number of nitrogens with zero attached hydrogens (tertiary/aromatic N) is 7. The molecule has 0 unspecified atom stereocenters. The summed E-state index contributed by atoms with van der Waals surface area (Å²) in [5.41, 5.74) is 2.20. The predicted octanol–water partition coefficient (Wildman–Crippen LogP) is 3.07. The molecule has 2 saturated heterocycles. The van der Waals surface area contributed by atoms with Gasteiger partial charge in [0.2, 0.25) is 5.95 Å². The van der Waals surface area contributed by atoms with Gasteiger partial charge in [-0.1, -0.05) is 30.4 Å². The van der Waals surface area contributed by atoms with Crippen LogP contribution >= 0.6 is 11.3 Å². The molecule has 9 nitrogen and oxygen atoms in total. The van der Waals surface area contributed by atoms with Crippen molar-refractivity contribution in [2.24, 2.45) is 5.92 Å². The van der Waals surface area contributed by atoms with Gasteiger partial charge in [0.25, 0.3) is 0 Å². The number of benzene rings is 1. The van der Waals surface area contributed by atoms with Crippen LogP contribution in [0.4, 0.5) is 5.82 Å². The van der Waals surface area contributed by atoms with Gasteiger partial charge in [-0.15, -0.1) is 0 Å². The van der Waals surface area contributed by atoms with E-state index < -0.39 is 5.60 Å². The van der Waals surface area contributed by atoms with Crippen LogP contribution in [0.2, 0.25) is 0 Å². The van der Waals surface area contributed by atoms with E-state index in [2.05, 4.69) is 27.4 Å². The normalized spacial score (nSPS) is 17.8. The van der Waals surface area contributed by atoms with Gasteiger partial charge in [0.1, 0.15) is 11.3 Å². The van der Waals surface area contributed by atoms with E-state index in [0.717, 1.165) is 77.1 Å². The third-order valence-electron chi connectivity index (χ3n) is 6.84. The lowest BCUT2D eigenvalue weighted by Gasteiger charge is -2.41. The maximum absolute atomic E-state index is 10.1. The van der Waals surface area contributed by atoms with Gasteiger partial charge in [0.15, 0.2) is 10.6 Å². The lowest BCUT2D eigenvalue weighted by molar-refractivity contribution is -0.00737. The number of aliphatic hydroxyl groups is 1. The summed E-state index contributed by atoms with van der Waals surface area (Å²) in [6.07, 6.45) is 1.72. The summed E-state index contributed by atoms with van der Waals surface area (Å²) in [5.74, 6) is 3.05. The summed E-state index contributed by atoms with van der Waals surface area (Å²) in [6.45, 7) is 11.5. The maximum Gasteiger partial charge on any atom is 0.239 e. The molecule has 190 valence electrons. The first-order valence-electron chi connectivity index (χ1n) is 12.8. The minimum Gasteiger partial charge on any atom is -0.389 e. The smallest absolute Gasteiger partial charge is 0.239 e. The van der Waals surface area contributed by atoms with E-state index in [1.165, 1.54) is 0 Å². The Morgan fingerprint density at radius 2 is 1.86 bits per heavy atom. The number of fused-ring (bicyclic) bond motifs is 2. The molecule has 36 heavy (non-hydrogen) atoms. The van der Waals surface area contributed by atoms with Gasteiger partial charge in [0, 0.05) is 45.6 Å². The molecule has 6 rings (SSSR count). The van der Waals surface area contributed by atoms with E-state index in [-0.39, 0.29) is 0 Å². The molecular formula is C26H33N7O2S. The highest BCUT2D eigenvalue weighted by Gasteiger charge is 2.32. The van der Waals surface area contributed by atoms with Crippen LogP contribution in [0.15, 0.2) is 24.3 Å². The highest BCUT2D eigenvalue weighted by Crippen LogP contribution is 2.33. The molecule has 2 aliphatic heterocycles. The van der Waals surface area contributed by atoms with Crippen LogP contribution in [-0.2, 0) is 17.6 Å². The van der Waals surface area contributed by atoms with Crippen molar-refractivity contribution >= 4 is 38.5 Å². The van der Waals surface area contributed by atoms with Gasteiger partial charge in [0.05, 0.1) is 34.9 Å². The lowest BCUT2D eigenvalue weighted by Crippen LogP contribution is -2.52. The second-order valence-corrected chi connectivity index (χ2v) is 11.6. The zero-order valence-corrected chi connectivity index (χ0v) is 22.0. The van der Waals surface area contributed by atoms with Crippen LogP contribution in [0.3, 0.4) is 0 Å². The Morgan fingerprint density at radius 3 is 2.61 bits per heavy atom. The van der Waals surface area contributed by atoms with Crippen molar-refractivity contribution < 1.29 is 9.84 Å². The Labute approximate surface area is 214 Å². The van der Waals surface area contributed by atoms with Gasteiger partial charge < -0.3 is 14.7 Å². The first-order valence-corrected chi connectivity index (χ1v) is 13.6. The van der Waals surface area contributed by atoms with Crippen molar-refractivity contribution in [3.63, 3.8) is 0 Å². The highest BCUT2D eigenvalue weighted by atomic mass is 32.1. The standard InChI is InChI=1S/C26H33N7O2S/c1-4-20-27-18-7-5-6-8-19(18)33(20)25-29-23(32-9-11-35-12-10-32)22-24(30-25)36-21(28-22)13-17-14-31(15-17)16-26(2,3)34/h5-8,17,34H,4,9-16H2,1-3H3. The third kappa shape index (κ3) is 4.58. The van der Waals surface area contributed by atoms with Gasteiger partial charge in [-0.05, 0) is 31.9 Å². The molecule has 0 radical (unpaired) electrons. The van der Waals surface area contributed by atoms with Gasteiger partial charge >= 0.3 is 0 Å². The molecule has 0 bridgehead atoms. The predicted molar refractivity (Wildman–Crippen MR) is 142 cm³/mol. The van der Waals surface area contributed by atoms with Crippen molar-refractivity contribution in [2.45, 2.75) is 39.2 Å². The van der Waals surface area contributed by atoms with E-state index in [1.807, 2.05) is 32.0 Å². The number of hydrogen-bond acceptors (Lipinski definition) is 9. The van der Waals surface area contributed by atoms with Crippen LogP contribution in [0.25, 0.3) is 27.3 Å². The Hall–Kier alpha value is -2.66. The number of thiazole rings is 1. The van der Waals surface area contributed by atoms with Crippen LogP contribution in [0, 0.1) is 5.92 Å². The molecule has 0 aliphatic carbocycles. The topological polar surface area (TPSA) is 92.4 Å². The van der Waals surface area contributed by atoms with Crippen molar-refractivity contribution in [3.05, 3.63) is 35.1 Å². The first-order chi connectivity index (χ1) is 17.4. The molecule has 1 N–H and O–H groups in total. The third-order valence-corrected chi connectivity index (χ3v) is 7.81. The van der Waals surface area contributed by atoms with E-state index in [4.69, 9.17) is 24.7 Å². The Bertz CT molecular complexity index is 1380. The summed E-state index contributed by atoms with van der Waals surface area (Å²) in [4.78, 5) is 25.5. The van der Waals surface area contributed by atoms with Crippen LogP contribution < -0.4 is 4.90 Å². The molecule has 0 atom stereocenters. The van der Waals surface area contributed by atoms with Gasteiger partial charge in [-0.2, -0.15) is 9.97 Å². The number of ether oxygens (including phenoxy) is 1. The fourth-order valence-electron chi connectivity index (χ4n) is 5.29. The number of β-amino-alcohol motifs (C(OH)–C–C–N with tert-alkyl or cyclic N) is 1. The van der Waals surface area contributed by atoms with Crippen molar-refractivity contribution in [1.82, 2.24) is 29.4 Å². The lowest BCUT2D eigenvalue weighted by atomic mass is 9.94. The molecule has 5 heterocycles. The largest absolute Gasteiger partial charge is 0.389 e. The average molecular weight is 508 g/mol. The quantitative estimate of drug-likeness (QED) is 0.408. The minimum atomic E-state index is -0.658. The van der Waals surface area contributed by atoms with E-state index in [9.17, 15) is 5.11 Å². The van der Waals surface area contributed by atoms with Gasteiger partial charge in [-0.3, -0.25) is 9.47 Å². The van der Waals surface area contributed by atoms with E-state index in [1.54, 1.807) is 11.3 Å². The number of para-hydroxylation sites is 2. The SMILES string of the molecule is CCc1nc2ccccc2n1-c1nc(N2CCOCC2)c2nc(CC3CN(CC(C)(C)O)C3)sc2n1. The van der Waals surface area contributed by atoms with E-state index >= 15 is 0 Å². The molecule has 4 aromatic rings. The van der Waals surface area contributed by atoms with Crippen LogP contribution in [-0.4, -0.2) is 86.0 Å². The number of hydrogen-bond donors (Lipinski definition) is 1. The molecule has 0 saturated carbocycles. The second-order valence-electron chi connectivity index (χ2n) is 10.5. The van der Waals surface area contributed by atoms with Crippen LogP contribution in [0.5, 0.6) is 0 Å². The second kappa shape index (κ2) is 9.33. The average Bonchev–Trinajstić information content (AvgIpc) is 3.42. The zero-order chi connectivity index (χ0) is 24.9. The Morgan fingerprint density at radius 1 is 1.08 bits per heavy atom. The summed E-state index contributed by atoms with van der Waals surface area (Å²) in [6, 6.07) is 8.17. The summed E-state index contributed by atoms with van der Waals surface area (Å²) >= 11 is 1.68. The first kappa shape index (κ1) is 23.7. The van der Waals surface area contributed by atoms with Gasteiger partial charge in [-0.25, -0.2) is 9.97 Å². The van der Waals surface area contributed by atoms with E-state index in [0.29, 0.717) is 31.6 Å². The number of likely N-dealkylation sites (tertiary alicyclic amines) is 1. The molecule has 2 aliphatic rings. The summed E-state index contributed by atoms with van der Waals surface area (Å²) in [5, 5.41) is 11.2. The number of aryl methyl sites for hydroxylation is 1. The summed E-state index contributed by atoms with van der Waals surface area (Å²) < 4.78 is 7.71. The fraction of sp³-hybridized carbons (Fsp3) is 0.538. The number of rotatable bonds is 7. The molecule has 0 spiro atoms. The fourth-order valence-corrected chi connectivity index (χ4v) is 6.33. The van der Waals surface area contributed by atoms with Crippen LogP contribution in [0.1, 0.15) is 31.6 Å². The van der Waals surface area contributed by atoms with Crippen molar-refractivity contribution in [2.75, 3.05) is 50.8 Å². The van der Waals surface area contributed by atoms with Crippen molar-refractivity contribution in [1.29, 1.82) is 0 Å². The maximum atomic E-state index is 10.1. The molecule has 3 aromatic heterocycles. The molecule has 2 fully saturated rings. The molecule has 0 amide bonds.